The van der Waals surface area contributed by atoms with Gasteiger partial charge >= 0.3 is 0 Å². The molecule has 2 aromatic carbocycles. The number of halogens is 1. The van der Waals surface area contributed by atoms with Crippen LogP contribution in [-0.2, 0) is 14.8 Å². The molecule has 2 amide bonds. The Bertz CT molecular complexity index is 992. The van der Waals surface area contributed by atoms with Crippen molar-refractivity contribution in [2.24, 2.45) is 0 Å². The van der Waals surface area contributed by atoms with E-state index in [4.69, 9.17) is 11.6 Å². The van der Waals surface area contributed by atoms with Gasteiger partial charge in [-0.25, -0.2) is 13.1 Å². The molecule has 0 saturated heterocycles. The number of aryl methyl sites for hydroxylation is 1. The second-order valence-corrected chi connectivity index (χ2v) is 8.34. The molecule has 0 unspecified atom stereocenters. The summed E-state index contributed by atoms with van der Waals surface area (Å²) in [6.45, 7) is 3.40. The van der Waals surface area contributed by atoms with Gasteiger partial charge in [0.15, 0.2) is 0 Å². The van der Waals surface area contributed by atoms with Gasteiger partial charge in [-0.1, -0.05) is 36.7 Å². The lowest BCUT2D eigenvalue weighted by Gasteiger charge is -2.19. The van der Waals surface area contributed by atoms with E-state index < -0.39 is 21.8 Å². The van der Waals surface area contributed by atoms with E-state index >= 15 is 0 Å². The Morgan fingerprint density at radius 1 is 1.14 bits per heavy atom. The SMILES string of the molecule is CCNS(=O)(=O)c1ccc(C)c(C(=O)N(C)CC(=O)Nc2ccccc2Cl)c1. The van der Waals surface area contributed by atoms with Crippen LogP contribution in [0.4, 0.5) is 5.69 Å². The number of likely N-dealkylation sites (N-methyl/N-ethyl adjacent to an activating group) is 1. The number of hydrogen-bond donors (Lipinski definition) is 2. The number of rotatable bonds is 7. The quantitative estimate of drug-likeness (QED) is 0.715. The highest BCUT2D eigenvalue weighted by Crippen LogP contribution is 2.21. The summed E-state index contributed by atoms with van der Waals surface area (Å²) in [6.07, 6.45) is 0. The van der Waals surface area contributed by atoms with Crippen LogP contribution < -0.4 is 10.0 Å². The van der Waals surface area contributed by atoms with Gasteiger partial charge in [0.1, 0.15) is 0 Å². The zero-order valence-corrected chi connectivity index (χ0v) is 17.4. The lowest BCUT2D eigenvalue weighted by molar-refractivity contribution is -0.116. The molecule has 0 atom stereocenters. The van der Waals surface area contributed by atoms with Gasteiger partial charge in [-0.3, -0.25) is 9.59 Å². The number of benzene rings is 2. The zero-order valence-electron chi connectivity index (χ0n) is 15.8. The maximum absolute atomic E-state index is 12.8. The van der Waals surface area contributed by atoms with Crippen LogP contribution in [0.5, 0.6) is 0 Å². The highest BCUT2D eigenvalue weighted by atomic mass is 35.5. The van der Waals surface area contributed by atoms with Crippen LogP contribution in [0.15, 0.2) is 47.4 Å². The number of carbonyl (C=O) groups excluding carboxylic acids is 2. The minimum atomic E-state index is -3.69. The van der Waals surface area contributed by atoms with Gasteiger partial charge in [-0.2, -0.15) is 0 Å². The van der Waals surface area contributed by atoms with Gasteiger partial charge in [-0.15, -0.1) is 0 Å². The number of anilines is 1. The number of amides is 2. The van der Waals surface area contributed by atoms with E-state index in [1.54, 1.807) is 44.2 Å². The summed E-state index contributed by atoms with van der Waals surface area (Å²) in [5.74, 6) is -0.876. The Hall–Kier alpha value is -2.42. The molecule has 0 heterocycles. The molecule has 0 aromatic heterocycles. The van der Waals surface area contributed by atoms with Crippen LogP contribution in [-0.4, -0.2) is 45.3 Å². The summed E-state index contributed by atoms with van der Waals surface area (Å²) in [7, 11) is -2.22. The van der Waals surface area contributed by atoms with Crippen molar-refractivity contribution in [3.63, 3.8) is 0 Å². The van der Waals surface area contributed by atoms with Crippen LogP contribution in [0.1, 0.15) is 22.8 Å². The van der Waals surface area contributed by atoms with Crippen LogP contribution in [0.3, 0.4) is 0 Å². The van der Waals surface area contributed by atoms with Crippen LogP contribution in [0.25, 0.3) is 0 Å². The standard InChI is InChI=1S/C19H22ClN3O4S/c1-4-21-28(26,27)14-10-9-13(2)15(11-14)19(25)23(3)12-18(24)22-17-8-6-5-7-16(17)20/h5-11,21H,4,12H2,1-3H3,(H,22,24). The molecule has 2 aromatic rings. The maximum Gasteiger partial charge on any atom is 0.254 e. The molecule has 0 aliphatic heterocycles. The maximum atomic E-state index is 12.8. The fraction of sp³-hybridized carbons (Fsp3) is 0.263. The number of sulfonamides is 1. The van der Waals surface area contributed by atoms with Crippen LogP contribution >= 0.6 is 11.6 Å². The van der Waals surface area contributed by atoms with Gasteiger partial charge in [-0.05, 0) is 36.8 Å². The summed E-state index contributed by atoms with van der Waals surface area (Å²) < 4.78 is 26.8. The van der Waals surface area contributed by atoms with E-state index in [1.165, 1.54) is 24.1 Å². The molecule has 0 radical (unpaired) electrons. The number of hydrogen-bond acceptors (Lipinski definition) is 4. The summed E-state index contributed by atoms with van der Waals surface area (Å²) in [6, 6.07) is 11.1. The molecule has 150 valence electrons. The Kier molecular flexibility index (Phi) is 7.17. The van der Waals surface area contributed by atoms with Crippen molar-refractivity contribution in [1.29, 1.82) is 0 Å². The van der Waals surface area contributed by atoms with E-state index in [0.29, 0.717) is 16.3 Å². The smallest absolute Gasteiger partial charge is 0.254 e. The monoisotopic (exact) mass is 423 g/mol. The largest absolute Gasteiger partial charge is 0.332 e. The number of carbonyl (C=O) groups is 2. The molecule has 0 aliphatic rings. The van der Waals surface area contributed by atoms with Crippen LogP contribution in [0.2, 0.25) is 5.02 Å². The van der Waals surface area contributed by atoms with Gasteiger partial charge in [0, 0.05) is 19.2 Å². The molecule has 0 bridgehead atoms. The van der Waals surface area contributed by atoms with E-state index in [9.17, 15) is 18.0 Å². The van der Waals surface area contributed by atoms with Gasteiger partial charge in [0.05, 0.1) is 22.2 Å². The van der Waals surface area contributed by atoms with Crippen molar-refractivity contribution in [2.75, 3.05) is 25.5 Å². The Labute approximate surface area is 169 Å². The number of nitrogens with one attached hydrogen (secondary N) is 2. The fourth-order valence-corrected chi connectivity index (χ4v) is 3.77. The highest BCUT2D eigenvalue weighted by molar-refractivity contribution is 7.89. The van der Waals surface area contributed by atoms with Gasteiger partial charge in [0.2, 0.25) is 15.9 Å². The molecule has 0 aliphatic carbocycles. The first-order valence-electron chi connectivity index (χ1n) is 8.56. The van der Waals surface area contributed by atoms with Gasteiger partial charge < -0.3 is 10.2 Å². The summed E-state index contributed by atoms with van der Waals surface area (Å²) in [5.41, 5.74) is 1.27. The number of nitrogens with zero attached hydrogens (tertiary/aromatic N) is 1. The lowest BCUT2D eigenvalue weighted by Crippen LogP contribution is -2.35. The third-order valence-electron chi connectivity index (χ3n) is 3.96. The molecule has 0 saturated carbocycles. The normalized spacial score (nSPS) is 11.1. The molecular formula is C19H22ClN3O4S. The van der Waals surface area contributed by atoms with Crippen molar-refractivity contribution in [2.45, 2.75) is 18.7 Å². The lowest BCUT2D eigenvalue weighted by atomic mass is 10.1. The van der Waals surface area contributed by atoms with E-state index in [2.05, 4.69) is 10.0 Å². The fourth-order valence-electron chi connectivity index (χ4n) is 2.52. The molecule has 0 spiro atoms. The topological polar surface area (TPSA) is 95.6 Å². The average Bonchev–Trinajstić information content (AvgIpc) is 2.63. The second-order valence-electron chi connectivity index (χ2n) is 6.17. The first-order valence-corrected chi connectivity index (χ1v) is 10.4. The number of para-hydroxylation sites is 1. The average molecular weight is 424 g/mol. The minimum Gasteiger partial charge on any atom is -0.332 e. The first kappa shape index (κ1) is 21.9. The third-order valence-corrected chi connectivity index (χ3v) is 5.83. The predicted octanol–water partition coefficient (Wildman–Crippen LogP) is 2.66. The highest BCUT2D eigenvalue weighted by Gasteiger charge is 2.21. The summed E-state index contributed by atoms with van der Waals surface area (Å²) in [5, 5.41) is 3.03. The van der Waals surface area contributed by atoms with Crippen molar-refractivity contribution < 1.29 is 18.0 Å². The van der Waals surface area contributed by atoms with Crippen molar-refractivity contribution in [3.05, 3.63) is 58.6 Å². The Morgan fingerprint density at radius 2 is 1.82 bits per heavy atom. The van der Waals surface area contributed by atoms with Crippen molar-refractivity contribution in [1.82, 2.24) is 9.62 Å². The molecule has 7 nitrogen and oxygen atoms in total. The minimum absolute atomic E-state index is 0.00258. The molecule has 28 heavy (non-hydrogen) atoms. The molecule has 2 rings (SSSR count). The Balaban J connectivity index is 2.16. The predicted molar refractivity (Wildman–Crippen MR) is 109 cm³/mol. The third kappa shape index (κ3) is 5.31. The molecule has 2 N–H and O–H groups in total. The second kappa shape index (κ2) is 9.18. The van der Waals surface area contributed by atoms with Gasteiger partial charge in [0.25, 0.3) is 5.91 Å². The van der Waals surface area contributed by atoms with E-state index in [-0.39, 0.29) is 23.5 Å². The summed E-state index contributed by atoms with van der Waals surface area (Å²) in [4.78, 5) is 26.2. The van der Waals surface area contributed by atoms with E-state index in [1.807, 2.05) is 0 Å². The van der Waals surface area contributed by atoms with E-state index in [0.717, 1.165) is 0 Å². The Morgan fingerprint density at radius 3 is 2.46 bits per heavy atom. The van der Waals surface area contributed by atoms with Crippen molar-refractivity contribution >= 4 is 39.1 Å². The van der Waals surface area contributed by atoms with Crippen LogP contribution in [0, 0.1) is 6.92 Å². The summed E-state index contributed by atoms with van der Waals surface area (Å²) >= 11 is 6.01. The van der Waals surface area contributed by atoms with Crippen molar-refractivity contribution in [3.8, 4) is 0 Å². The molecule has 0 fully saturated rings. The molecular weight excluding hydrogens is 402 g/mol. The first-order chi connectivity index (χ1) is 13.2. The zero-order chi connectivity index (χ0) is 20.9. The molecule has 9 heteroatoms.